The predicted octanol–water partition coefficient (Wildman–Crippen LogP) is 1.45. The molecule has 28 heavy (non-hydrogen) atoms. The molecule has 2 heterocycles. The summed E-state index contributed by atoms with van der Waals surface area (Å²) in [5.41, 5.74) is 0.659. The zero-order valence-electron chi connectivity index (χ0n) is 16.3. The topological polar surface area (TPSA) is 105 Å². The highest BCUT2D eigenvalue weighted by Crippen LogP contribution is 2.31. The Balaban J connectivity index is 1.86. The fraction of sp³-hybridized carbons (Fsp3) is 0.474. The van der Waals surface area contributed by atoms with Gasteiger partial charge in [0.1, 0.15) is 5.69 Å². The molecular weight excluding hydrogens is 362 g/mol. The molecule has 3 rings (SSSR count). The van der Waals surface area contributed by atoms with Crippen LogP contribution in [0.25, 0.3) is 0 Å². The van der Waals surface area contributed by atoms with Gasteiger partial charge in [0.05, 0.1) is 11.0 Å². The van der Waals surface area contributed by atoms with E-state index in [1.165, 1.54) is 12.3 Å². The lowest BCUT2D eigenvalue weighted by Crippen LogP contribution is -2.53. The van der Waals surface area contributed by atoms with Crippen LogP contribution in [0.15, 0.2) is 30.6 Å². The number of aliphatic hydroxyl groups excluding tert-OH is 1. The molecule has 150 valence electrons. The summed E-state index contributed by atoms with van der Waals surface area (Å²) < 4.78 is 1.59. The van der Waals surface area contributed by atoms with Crippen LogP contribution in [0, 0.1) is 10.1 Å². The maximum absolute atomic E-state index is 12.6. The van der Waals surface area contributed by atoms with Gasteiger partial charge in [-0.15, -0.1) is 0 Å². The van der Waals surface area contributed by atoms with Crippen molar-refractivity contribution in [2.75, 3.05) is 31.1 Å². The molecule has 1 saturated heterocycles. The highest BCUT2D eigenvalue weighted by molar-refractivity contribution is 6.07. The van der Waals surface area contributed by atoms with Gasteiger partial charge in [-0.3, -0.25) is 19.8 Å². The number of hydrogen-bond donors (Lipinski definition) is 1. The zero-order valence-corrected chi connectivity index (χ0v) is 16.3. The smallest absolute Gasteiger partial charge is 0.293 e. The molecule has 1 aliphatic rings. The number of carbonyl (C=O) groups excluding carboxylic acids is 1. The minimum atomic E-state index is -0.447. The number of benzene rings is 1. The first-order valence-electron chi connectivity index (χ1n) is 9.25. The third-order valence-corrected chi connectivity index (χ3v) is 5.06. The molecule has 0 radical (unpaired) electrons. The number of piperazine rings is 1. The first-order valence-corrected chi connectivity index (χ1v) is 9.25. The van der Waals surface area contributed by atoms with Crippen molar-refractivity contribution in [2.24, 2.45) is 7.05 Å². The molecular formula is C19H25N5O4. The van der Waals surface area contributed by atoms with Gasteiger partial charge in [0, 0.05) is 63.3 Å². The number of aliphatic hydroxyl groups is 1. The quantitative estimate of drug-likeness (QED) is 0.454. The van der Waals surface area contributed by atoms with Gasteiger partial charge in [-0.2, -0.15) is 0 Å². The van der Waals surface area contributed by atoms with Gasteiger partial charge >= 0.3 is 0 Å². The summed E-state index contributed by atoms with van der Waals surface area (Å²) in [5.74, 6) is -0.111. The minimum absolute atomic E-state index is 0.0868. The van der Waals surface area contributed by atoms with Crippen LogP contribution in [0.2, 0.25) is 0 Å². The van der Waals surface area contributed by atoms with Crippen molar-refractivity contribution in [3.63, 3.8) is 0 Å². The molecule has 1 N–H and O–H groups in total. The van der Waals surface area contributed by atoms with E-state index in [-0.39, 0.29) is 28.9 Å². The van der Waals surface area contributed by atoms with E-state index in [0.717, 1.165) is 0 Å². The number of ketones is 1. The Morgan fingerprint density at radius 3 is 2.75 bits per heavy atom. The third kappa shape index (κ3) is 4.05. The predicted molar refractivity (Wildman–Crippen MR) is 105 cm³/mol. The van der Waals surface area contributed by atoms with E-state index < -0.39 is 11.0 Å². The lowest BCUT2D eigenvalue weighted by molar-refractivity contribution is -0.384. The summed E-state index contributed by atoms with van der Waals surface area (Å²) in [7, 11) is 1.71. The number of nitro groups is 1. The summed E-state index contributed by atoms with van der Waals surface area (Å²) in [5, 5.41) is 21.3. The molecule has 2 atom stereocenters. The monoisotopic (exact) mass is 387 g/mol. The number of anilines is 1. The van der Waals surface area contributed by atoms with Crippen LogP contribution in [0.1, 0.15) is 30.0 Å². The van der Waals surface area contributed by atoms with Crippen molar-refractivity contribution >= 4 is 17.2 Å². The zero-order chi connectivity index (χ0) is 20.4. The third-order valence-electron chi connectivity index (χ3n) is 5.06. The number of imidazole rings is 1. The van der Waals surface area contributed by atoms with Gasteiger partial charge in [0.2, 0.25) is 5.78 Å². The number of aryl methyl sites for hydroxylation is 1. The van der Waals surface area contributed by atoms with Crippen LogP contribution in [0.3, 0.4) is 0 Å². The van der Waals surface area contributed by atoms with E-state index in [1.807, 2.05) is 11.8 Å². The SMILES string of the molecule is CC(O)CN1CCN(c2ccc(C(=O)c3nccn3C)cc2[N+](=O)[O-])CC1C. The number of carbonyl (C=O) groups is 1. The maximum Gasteiger partial charge on any atom is 0.293 e. The Morgan fingerprint density at radius 2 is 2.18 bits per heavy atom. The number of aromatic nitrogens is 2. The summed E-state index contributed by atoms with van der Waals surface area (Å²) in [6.45, 7) is 6.30. The van der Waals surface area contributed by atoms with Crippen molar-refractivity contribution in [1.29, 1.82) is 0 Å². The molecule has 0 aliphatic carbocycles. The molecule has 1 aliphatic heterocycles. The second-order valence-corrected chi connectivity index (χ2v) is 7.29. The first kappa shape index (κ1) is 20.0. The molecule has 9 nitrogen and oxygen atoms in total. The minimum Gasteiger partial charge on any atom is -0.392 e. The second kappa shape index (κ2) is 8.07. The van der Waals surface area contributed by atoms with E-state index in [4.69, 9.17) is 0 Å². The second-order valence-electron chi connectivity index (χ2n) is 7.29. The Kier molecular flexibility index (Phi) is 5.76. The summed E-state index contributed by atoms with van der Waals surface area (Å²) in [6, 6.07) is 4.74. The Hall–Kier alpha value is -2.78. The number of rotatable bonds is 6. The molecule has 0 bridgehead atoms. The molecule has 1 aromatic carbocycles. The van der Waals surface area contributed by atoms with Crippen molar-refractivity contribution in [1.82, 2.24) is 14.5 Å². The largest absolute Gasteiger partial charge is 0.392 e. The van der Waals surface area contributed by atoms with Crippen LogP contribution in [-0.4, -0.2) is 68.6 Å². The molecule has 9 heteroatoms. The van der Waals surface area contributed by atoms with Crippen LogP contribution in [0.5, 0.6) is 0 Å². The Labute approximate surface area is 163 Å². The Morgan fingerprint density at radius 1 is 1.43 bits per heavy atom. The lowest BCUT2D eigenvalue weighted by Gasteiger charge is -2.41. The van der Waals surface area contributed by atoms with E-state index >= 15 is 0 Å². The van der Waals surface area contributed by atoms with Gasteiger partial charge in [-0.05, 0) is 26.0 Å². The van der Waals surface area contributed by atoms with Crippen molar-refractivity contribution < 1.29 is 14.8 Å². The molecule has 0 spiro atoms. The van der Waals surface area contributed by atoms with Gasteiger partial charge in [-0.25, -0.2) is 4.98 Å². The van der Waals surface area contributed by atoms with Gasteiger partial charge in [-0.1, -0.05) is 0 Å². The van der Waals surface area contributed by atoms with Crippen LogP contribution in [0.4, 0.5) is 11.4 Å². The highest BCUT2D eigenvalue weighted by atomic mass is 16.6. The van der Waals surface area contributed by atoms with E-state index in [9.17, 15) is 20.0 Å². The van der Waals surface area contributed by atoms with Gasteiger partial charge in [0.15, 0.2) is 5.82 Å². The van der Waals surface area contributed by atoms with Crippen LogP contribution >= 0.6 is 0 Å². The molecule has 2 unspecified atom stereocenters. The average molecular weight is 387 g/mol. The number of nitrogens with zero attached hydrogens (tertiary/aromatic N) is 5. The highest BCUT2D eigenvalue weighted by Gasteiger charge is 2.29. The normalized spacial score (nSPS) is 18.9. The standard InChI is InChI=1S/C19H25N5O4/c1-13-11-23(9-8-22(13)12-14(2)25)16-5-4-15(10-17(16)24(27)28)18(26)19-20-6-7-21(19)3/h4-7,10,13-14,25H,8-9,11-12H2,1-3H3. The lowest BCUT2D eigenvalue weighted by atomic mass is 10.1. The first-order chi connectivity index (χ1) is 13.3. The van der Waals surface area contributed by atoms with Crippen molar-refractivity contribution in [2.45, 2.75) is 26.0 Å². The van der Waals surface area contributed by atoms with E-state index in [2.05, 4.69) is 9.88 Å². The summed E-state index contributed by atoms with van der Waals surface area (Å²) >= 11 is 0. The van der Waals surface area contributed by atoms with Crippen LogP contribution in [-0.2, 0) is 7.05 Å². The number of hydrogen-bond acceptors (Lipinski definition) is 7. The van der Waals surface area contributed by atoms with E-state index in [0.29, 0.717) is 31.9 Å². The maximum atomic E-state index is 12.6. The van der Waals surface area contributed by atoms with Gasteiger partial charge in [0.25, 0.3) is 5.69 Å². The molecule has 2 aromatic rings. The van der Waals surface area contributed by atoms with Gasteiger partial charge < -0.3 is 14.6 Å². The Bertz CT molecular complexity index is 879. The average Bonchev–Trinajstić information content (AvgIpc) is 3.08. The molecule has 0 amide bonds. The molecule has 1 fully saturated rings. The van der Waals surface area contributed by atoms with E-state index in [1.54, 1.807) is 36.9 Å². The van der Waals surface area contributed by atoms with Crippen molar-refractivity contribution in [3.8, 4) is 0 Å². The fourth-order valence-corrected chi connectivity index (χ4v) is 3.62. The molecule has 1 aromatic heterocycles. The summed E-state index contributed by atoms with van der Waals surface area (Å²) in [6.07, 6.45) is 2.76. The summed E-state index contributed by atoms with van der Waals surface area (Å²) in [4.78, 5) is 32.0. The molecule has 0 saturated carbocycles. The van der Waals surface area contributed by atoms with Crippen LogP contribution < -0.4 is 4.90 Å². The number of nitro benzene ring substituents is 1. The number of β-amino-alcohol motifs (C(OH)–C–C–N with tert-alkyl or cyclic N) is 1. The fourth-order valence-electron chi connectivity index (χ4n) is 3.62. The van der Waals surface area contributed by atoms with Crippen molar-refractivity contribution in [3.05, 3.63) is 52.1 Å².